The average Bonchev–Trinajstić information content (AvgIpc) is 3.11. The van der Waals surface area contributed by atoms with E-state index in [9.17, 15) is 10.2 Å². The van der Waals surface area contributed by atoms with Crippen molar-refractivity contribution in [2.75, 3.05) is 80.8 Å². The van der Waals surface area contributed by atoms with Crippen LogP contribution >= 0.6 is 0 Å². The number of aliphatic hydroxyl groups excluding tert-OH is 2. The molecule has 0 rings (SSSR count). The van der Waals surface area contributed by atoms with Gasteiger partial charge in [-0.05, 0) is 64.2 Å². The van der Waals surface area contributed by atoms with Crippen LogP contribution in [0.3, 0.4) is 0 Å². The summed E-state index contributed by atoms with van der Waals surface area (Å²) in [5.41, 5.74) is 0. The summed E-state index contributed by atoms with van der Waals surface area (Å²) in [5.74, 6) is 0. The van der Waals surface area contributed by atoms with E-state index in [1.165, 1.54) is 161 Å². The highest BCUT2D eigenvalue weighted by Crippen LogP contribution is 2.18. The highest BCUT2D eigenvalue weighted by atomic mass is 127. The zero-order chi connectivity index (χ0) is 39.1. The number of allylic oxidation sites excluding steroid dienone is 4. The molecule has 0 radical (unpaired) electrons. The summed E-state index contributed by atoms with van der Waals surface area (Å²) in [4.78, 5) is 0. The van der Waals surface area contributed by atoms with Crippen LogP contribution in [0.5, 0.6) is 0 Å². The maximum Gasteiger partial charge on any atom is 0.138 e. The Morgan fingerprint density at radius 3 is 0.927 bits per heavy atom. The van der Waals surface area contributed by atoms with Gasteiger partial charge in [0.05, 0.1) is 41.4 Å². The molecule has 0 aliphatic rings. The topological polar surface area (TPSA) is 58.9 Å². The number of likely N-dealkylation sites (N-methyl/N-ethyl adjacent to an activating group) is 2. The van der Waals surface area contributed by atoms with E-state index in [0.717, 1.165) is 39.1 Å². The quantitative estimate of drug-likeness (QED) is 0.0363. The fourth-order valence-corrected chi connectivity index (χ4v) is 7.25. The van der Waals surface area contributed by atoms with Crippen molar-refractivity contribution >= 4 is 0 Å². The summed E-state index contributed by atoms with van der Waals surface area (Å²) >= 11 is 0. The van der Waals surface area contributed by atoms with Gasteiger partial charge in [-0.1, -0.05) is 147 Å². The van der Waals surface area contributed by atoms with Crippen LogP contribution < -0.4 is 48.0 Å². The molecule has 332 valence electrons. The third-order valence-electron chi connectivity index (χ3n) is 10.9. The number of nitrogens with zero attached hydrogens (tertiary/aromatic N) is 2. The van der Waals surface area contributed by atoms with E-state index in [-0.39, 0.29) is 73.4 Å². The number of hydrogen-bond acceptors (Lipinski definition) is 4. The molecule has 2 N–H and O–H groups in total. The molecule has 0 aliphatic carbocycles. The van der Waals surface area contributed by atoms with Crippen molar-refractivity contribution in [2.24, 2.45) is 0 Å². The van der Waals surface area contributed by atoms with Crippen molar-refractivity contribution in [3.8, 4) is 0 Å². The van der Waals surface area contributed by atoms with Crippen LogP contribution in [-0.2, 0) is 9.47 Å². The molecular formula is C47H96I2N2O4. The number of unbranched alkanes of at least 4 members (excludes halogenated alkanes) is 23. The normalized spacial score (nSPS) is 13.4. The Hall–Kier alpha value is 0.700. The maximum absolute atomic E-state index is 9.77. The molecule has 0 aromatic heterocycles. The molecule has 2 atom stereocenters. The van der Waals surface area contributed by atoms with Crippen molar-refractivity contribution in [1.82, 2.24) is 0 Å². The van der Waals surface area contributed by atoms with Gasteiger partial charge >= 0.3 is 0 Å². The Morgan fingerprint density at radius 2 is 0.655 bits per heavy atom. The molecular weight excluding hydrogens is 910 g/mol. The van der Waals surface area contributed by atoms with Crippen LogP contribution in [0.1, 0.15) is 187 Å². The van der Waals surface area contributed by atoms with Gasteiger partial charge in [0.2, 0.25) is 0 Å². The number of quaternary nitrogens is 2. The number of aliphatic hydroxyl groups is 2. The predicted molar refractivity (Wildman–Crippen MR) is 232 cm³/mol. The molecule has 0 aliphatic heterocycles. The molecule has 0 heterocycles. The van der Waals surface area contributed by atoms with Gasteiger partial charge in [-0.25, -0.2) is 0 Å². The Labute approximate surface area is 378 Å². The first-order chi connectivity index (χ1) is 25.7. The van der Waals surface area contributed by atoms with Crippen LogP contribution in [0, 0.1) is 0 Å². The van der Waals surface area contributed by atoms with Crippen LogP contribution in [0.2, 0.25) is 0 Å². The van der Waals surface area contributed by atoms with Crippen LogP contribution in [0.15, 0.2) is 24.3 Å². The van der Waals surface area contributed by atoms with Gasteiger partial charge in [0.25, 0.3) is 0 Å². The van der Waals surface area contributed by atoms with E-state index in [4.69, 9.17) is 9.47 Å². The summed E-state index contributed by atoms with van der Waals surface area (Å²) < 4.78 is 14.8. The number of hydrogen-bond donors (Lipinski definition) is 2. The number of rotatable bonds is 42. The van der Waals surface area contributed by atoms with Gasteiger partial charge in [-0.2, -0.15) is 0 Å². The largest absolute Gasteiger partial charge is 1.00 e. The molecule has 8 heteroatoms. The minimum absolute atomic E-state index is 0. The lowest BCUT2D eigenvalue weighted by Crippen LogP contribution is -3.00. The molecule has 0 aromatic carbocycles. The molecule has 0 saturated heterocycles. The van der Waals surface area contributed by atoms with Crippen LogP contribution in [0.25, 0.3) is 0 Å². The maximum atomic E-state index is 9.77. The SMILES string of the molecule is CCCCCCCC/C=C\CCCCCCCOC(C[N+](C)(C)CCO)C(C[N+](C)(C)CCO)OCCCCCCC/C=C\CCCCCCCCC.[I-].[I-]. The lowest BCUT2D eigenvalue weighted by Gasteiger charge is -2.39. The molecule has 0 bridgehead atoms. The van der Waals surface area contributed by atoms with E-state index in [0.29, 0.717) is 22.1 Å². The van der Waals surface area contributed by atoms with E-state index < -0.39 is 0 Å². The second-order valence-corrected chi connectivity index (χ2v) is 17.5. The van der Waals surface area contributed by atoms with Crippen LogP contribution in [-0.4, -0.2) is 112 Å². The zero-order valence-corrected chi connectivity index (χ0v) is 41.9. The van der Waals surface area contributed by atoms with Crippen LogP contribution in [0.4, 0.5) is 0 Å². The first kappa shape index (κ1) is 60.0. The molecule has 0 spiro atoms. The van der Waals surface area contributed by atoms with E-state index in [1.807, 2.05) is 0 Å². The molecule has 2 unspecified atom stereocenters. The molecule has 0 amide bonds. The van der Waals surface area contributed by atoms with Crippen molar-refractivity contribution in [3.05, 3.63) is 24.3 Å². The summed E-state index contributed by atoms with van der Waals surface area (Å²) in [5, 5.41) is 19.5. The molecule has 0 aromatic rings. The average molecular weight is 1010 g/mol. The van der Waals surface area contributed by atoms with Gasteiger partial charge < -0.3 is 76.6 Å². The van der Waals surface area contributed by atoms with Gasteiger partial charge in [0, 0.05) is 13.2 Å². The lowest BCUT2D eigenvalue weighted by atomic mass is 10.1. The number of ether oxygens (including phenoxy) is 2. The zero-order valence-electron chi connectivity index (χ0n) is 37.6. The highest BCUT2D eigenvalue weighted by Gasteiger charge is 2.35. The lowest BCUT2D eigenvalue weighted by molar-refractivity contribution is -0.902. The van der Waals surface area contributed by atoms with Crippen molar-refractivity contribution in [1.29, 1.82) is 0 Å². The van der Waals surface area contributed by atoms with E-state index in [2.05, 4.69) is 66.3 Å². The Morgan fingerprint density at radius 1 is 0.400 bits per heavy atom. The molecule has 0 fully saturated rings. The Bertz CT molecular complexity index is 812. The van der Waals surface area contributed by atoms with Gasteiger partial charge in [0.1, 0.15) is 38.4 Å². The smallest absolute Gasteiger partial charge is 0.138 e. The monoisotopic (exact) mass is 1010 g/mol. The molecule has 6 nitrogen and oxygen atoms in total. The van der Waals surface area contributed by atoms with Crippen molar-refractivity contribution in [2.45, 2.75) is 199 Å². The first-order valence-corrected chi connectivity index (χ1v) is 23.1. The molecule has 0 saturated carbocycles. The predicted octanol–water partition coefficient (Wildman–Crippen LogP) is 5.59. The standard InChI is InChI=1S/C47H96N2O4.2HI/c1-7-9-11-13-15-17-19-21-23-25-27-29-31-33-35-37-43-53-47(45-49(5,6)39-41-51)46(44-48(3,4)38-40-50)52-42-36-34-32-30-28-26-24-22-20-18-16-14-12-10-8-2;;/h22-25,46-47,50-51H,7-21,26-45H2,1-6H3;2*1H/q+2;;/p-2/b24-22-,25-23-;;. The van der Waals surface area contributed by atoms with Gasteiger partial charge in [-0.15, -0.1) is 0 Å². The number of halogens is 2. The minimum atomic E-state index is -0.0442. The summed E-state index contributed by atoms with van der Waals surface area (Å²) in [6.07, 6.45) is 44.7. The third kappa shape index (κ3) is 42.6. The summed E-state index contributed by atoms with van der Waals surface area (Å²) in [6.45, 7) is 9.42. The summed E-state index contributed by atoms with van der Waals surface area (Å²) in [7, 11) is 8.74. The first-order valence-electron chi connectivity index (χ1n) is 23.1. The van der Waals surface area contributed by atoms with Gasteiger partial charge in [0.15, 0.2) is 0 Å². The van der Waals surface area contributed by atoms with Gasteiger partial charge in [-0.3, -0.25) is 0 Å². The van der Waals surface area contributed by atoms with Crippen molar-refractivity contribution in [3.63, 3.8) is 0 Å². The Balaban J connectivity index is -0.0000135. The third-order valence-corrected chi connectivity index (χ3v) is 10.9. The molecule has 55 heavy (non-hydrogen) atoms. The van der Waals surface area contributed by atoms with E-state index in [1.54, 1.807) is 0 Å². The Kier molecular flexibility index (Phi) is 48.3. The van der Waals surface area contributed by atoms with Crippen molar-refractivity contribution < 1.29 is 76.6 Å². The fourth-order valence-electron chi connectivity index (χ4n) is 7.25. The highest BCUT2D eigenvalue weighted by molar-refractivity contribution is 4.82. The fraction of sp³-hybridized carbons (Fsp3) is 0.915. The summed E-state index contributed by atoms with van der Waals surface area (Å²) in [6, 6.07) is 0. The second kappa shape index (κ2) is 44.3. The minimum Gasteiger partial charge on any atom is -1.00 e. The van der Waals surface area contributed by atoms with E-state index >= 15 is 0 Å². The second-order valence-electron chi connectivity index (χ2n) is 17.5.